The van der Waals surface area contributed by atoms with Crippen molar-refractivity contribution in [3.63, 3.8) is 0 Å². The van der Waals surface area contributed by atoms with Crippen LogP contribution >= 0.6 is 0 Å². The summed E-state index contributed by atoms with van der Waals surface area (Å²) in [6, 6.07) is 6.17. The summed E-state index contributed by atoms with van der Waals surface area (Å²) in [7, 11) is 1.16. The number of methoxy groups -OCH3 is 1. The van der Waals surface area contributed by atoms with Gasteiger partial charge >= 0.3 is 12.1 Å². The lowest BCUT2D eigenvalue weighted by molar-refractivity contribution is -0.137. The van der Waals surface area contributed by atoms with Crippen LogP contribution < -0.4 is 0 Å². The minimum atomic E-state index is -4.53. The van der Waals surface area contributed by atoms with Gasteiger partial charge in [-0.15, -0.1) is 0 Å². The van der Waals surface area contributed by atoms with E-state index < -0.39 is 17.7 Å². The minimum Gasteiger partial charge on any atom is -0.464 e. The van der Waals surface area contributed by atoms with Gasteiger partial charge in [-0.3, -0.25) is 0 Å². The third-order valence-electron chi connectivity index (χ3n) is 2.52. The molecule has 0 aliphatic heterocycles. The third-order valence-corrected chi connectivity index (χ3v) is 2.52. The van der Waals surface area contributed by atoms with Crippen molar-refractivity contribution >= 4 is 5.97 Å². The molecule has 7 heteroatoms. The number of benzene rings is 1. The van der Waals surface area contributed by atoms with Crippen LogP contribution in [0.2, 0.25) is 0 Å². The molecule has 1 aromatic heterocycles. The Balaban J connectivity index is 2.55. The second-order valence-electron chi connectivity index (χ2n) is 3.80. The predicted molar refractivity (Wildman–Crippen MR) is 63.8 cm³/mol. The average molecular weight is 282 g/mol. The Morgan fingerprint density at radius 2 is 1.90 bits per heavy atom. The lowest BCUT2D eigenvalue weighted by Gasteiger charge is -2.11. The van der Waals surface area contributed by atoms with E-state index in [4.69, 9.17) is 0 Å². The summed E-state index contributed by atoms with van der Waals surface area (Å²) in [6.07, 6.45) is -3.32. The summed E-state index contributed by atoms with van der Waals surface area (Å²) in [5.74, 6) is -0.918. The smallest absolute Gasteiger partial charge is 0.417 e. The first-order valence-electron chi connectivity index (χ1n) is 5.51. The van der Waals surface area contributed by atoms with Crippen LogP contribution in [0.1, 0.15) is 16.1 Å². The number of alkyl halides is 3. The third kappa shape index (κ3) is 2.76. The van der Waals surface area contributed by atoms with Crippen molar-refractivity contribution in [2.45, 2.75) is 6.18 Å². The number of hydrogen-bond acceptors (Lipinski definition) is 4. The van der Waals surface area contributed by atoms with Gasteiger partial charge in [0.2, 0.25) is 0 Å². The van der Waals surface area contributed by atoms with E-state index in [9.17, 15) is 18.0 Å². The minimum absolute atomic E-state index is 0.102. The lowest BCUT2D eigenvalue weighted by atomic mass is 10.1. The monoisotopic (exact) mass is 282 g/mol. The van der Waals surface area contributed by atoms with Crippen LogP contribution in [0.25, 0.3) is 11.4 Å². The SMILES string of the molecule is COC(=O)c1ccnc(-c2ccccc2C(F)(F)F)n1. The molecule has 0 radical (unpaired) electrons. The number of halogens is 3. The van der Waals surface area contributed by atoms with Gasteiger partial charge in [0, 0.05) is 11.8 Å². The molecule has 0 amide bonds. The Morgan fingerprint density at radius 1 is 1.20 bits per heavy atom. The van der Waals surface area contributed by atoms with E-state index >= 15 is 0 Å². The molecule has 0 aliphatic carbocycles. The summed E-state index contributed by atoms with van der Waals surface area (Å²) in [4.78, 5) is 18.9. The van der Waals surface area contributed by atoms with E-state index in [2.05, 4.69) is 14.7 Å². The van der Waals surface area contributed by atoms with Gasteiger partial charge < -0.3 is 4.74 Å². The molecule has 0 atom stereocenters. The molecule has 2 aromatic rings. The molecule has 0 N–H and O–H groups in total. The number of hydrogen-bond donors (Lipinski definition) is 0. The van der Waals surface area contributed by atoms with Gasteiger partial charge in [0.15, 0.2) is 11.5 Å². The molecule has 0 saturated carbocycles. The first-order valence-corrected chi connectivity index (χ1v) is 5.51. The number of esters is 1. The fourth-order valence-electron chi connectivity index (χ4n) is 1.63. The molecule has 0 saturated heterocycles. The van der Waals surface area contributed by atoms with Crippen molar-refractivity contribution in [2.75, 3.05) is 7.11 Å². The van der Waals surface area contributed by atoms with E-state index in [1.165, 1.54) is 30.5 Å². The molecule has 0 spiro atoms. The molecular weight excluding hydrogens is 273 g/mol. The number of carbonyl (C=O) groups excluding carboxylic acids is 1. The molecular formula is C13H9F3N2O2. The number of carbonyl (C=O) groups is 1. The number of rotatable bonds is 2. The van der Waals surface area contributed by atoms with Crippen LogP contribution in [0.4, 0.5) is 13.2 Å². The quantitative estimate of drug-likeness (QED) is 0.795. The zero-order valence-electron chi connectivity index (χ0n) is 10.3. The molecule has 20 heavy (non-hydrogen) atoms. The van der Waals surface area contributed by atoms with Crippen LogP contribution in [0.15, 0.2) is 36.5 Å². The summed E-state index contributed by atoms with van der Waals surface area (Å²) in [5, 5.41) is 0. The van der Waals surface area contributed by atoms with E-state index in [0.29, 0.717) is 0 Å². The van der Waals surface area contributed by atoms with Gasteiger partial charge in [0.1, 0.15) is 0 Å². The summed E-state index contributed by atoms with van der Waals surface area (Å²) in [6.45, 7) is 0. The van der Waals surface area contributed by atoms with Crippen molar-refractivity contribution in [2.24, 2.45) is 0 Å². The van der Waals surface area contributed by atoms with E-state index in [1.807, 2.05) is 0 Å². The zero-order valence-corrected chi connectivity index (χ0v) is 10.3. The summed E-state index contributed by atoms with van der Waals surface area (Å²) < 4.78 is 43.2. The fourth-order valence-corrected chi connectivity index (χ4v) is 1.63. The Kier molecular flexibility index (Phi) is 3.69. The Labute approximate surface area is 112 Å². The largest absolute Gasteiger partial charge is 0.464 e. The highest BCUT2D eigenvalue weighted by Crippen LogP contribution is 2.35. The molecule has 2 rings (SSSR count). The fraction of sp³-hybridized carbons (Fsp3) is 0.154. The maximum Gasteiger partial charge on any atom is 0.417 e. The van der Waals surface area contributed by atoms with Crippen LogP contribution in [0.5, 0.6) is 0 Å². The Bertz CT molecular complexity index is 642. The van der Waals surface area contributed by atoms with Crippen molar-refractivity contribution in [3.8, 4) is 11.4 Å². The van der Waals surface area contributed by atoms with Crippen molar-refractivity contribution in [3.05, 3.63) is 47.8 Å². The van der Waals surface area contributed by atoms with Gasteiger partial charge in [0.25, 0.3) is 0 Å². The van der Waals surface area contributed by atoms with Crippen LogP contribution in [0.3, 0.4) is 0 Å². The molecule has 0 aliphatic rings. The predicted octanol–water partition coefficient (Wildman–Crippen LogP) is 2.95. The normalized spacial score (nSPS) is 11.2. The lowest BCUT2D eigenvalue weighted by Crippen LogP contribution is -2.10. The highest BCUT2D eigenvalue weighted by atomic mass is 19.4. The molecule has 0 fully saturated rings. The van der Waals surface area contributed by atoms with Crippen LogP contribution in [0, 0.1) is 0 Å². The van der Waals surface area contributed by atoms with Gasteiger partial charge in [-0.05, 0) is 12.1 Å². The highest BCUT2D eigenvalue weighted by molar-refractivity contribution is 5.87. The van der Waals surface area contributed by atoms with Crippen molar-refractivity contribution < 1.29 is 22.7 Å². The summed E-state index contributed by atoms with van der Waals surface area (Å²) in [5.41, 5.74) is -1.15. The molecule has 1 heterocycles. The molecule has 0 bridgehead atoms. The van der Waals surface area contributed by atoms with Crippen LogP contribution in [-0.2, 0) is 10.9 Å². The molecule has 1 aromatic carbocycles. The number of ether oxygens (including phenoxy) is 1. The topological polar surface area (TPSA) is 52.1 Å². The second kappa shape index (κ2) is 5.28. The number of nitrogens with zero attached hydrogens (tertiary/aromatic N) is 2. The Hall–Kier alpha value is -2.44. The first kappa shape index (κ1) is 14.0. The van der Waals surface area contributed by atoms with E-state index in [-0.39, 0.29) is 17.1 Å². The van der Waals surface area contributed by atoms with Crippen LogP contribution in [-0.4, -0.2) is 23.0 Å². The van der Waals surface area contributed by atoms with Gasteiger partial charge in [-0.25, -0.2) is 14.8 Å². The maximum absolute atomic E-state index is 12.9. The van der Waals surface area contributed by atoms with Gasteiger partial charge in [-0.1, -0.05) is 18.2 Å². The van der Waals surface area contributed by atoms with Crippen molar-refractivity contribution in [1.29, 1.82) is 0 Å². The number of aromatic nitrogens is 2. The summed E-state index contributed by atoms with van der Waals surface area (Å²) >= 11 is 0. The zero-order chi connectivity index (χ0) is 14.8. The van der Waals surface area contributed by atoms with E-state index in [0.717, 1.165) is 13.2 Å². The highest BCUT2D eigenvalue weighted by Gasteiger charge is 2.34. The molecule has 0 unspecified atom stereocenters. The van der Waals surface area contributed by atoms with Crippen molar-refractivity contribution in [1.82, 2.24) is 9.97 Å². The average Bonchev–Trinajstić information content (AvgIpc) is 2.45. The van der Waals surface area contributed by atoms with Gasteiger partial charge in [0.05, 0.1) is 12.7 Å². The standard InChI is InChI=1S/C13H9F3N2O2/c1-20-12(19)10-6-7-17-11(18-10)8-4-2-3-5-9(8)13(14,15)16/h2-7H,1H3. The molecule has 104 valence electrons. The first-order chi connectivity index (χ1) is 9.43. The maximum atomic E-state index is 12.9. The van der Waals surface area contributed by atoms with Gasteiger partial charge in [-0.2, -0.15) is 13.2 Å². The Morgan fingerprint density at radius 3 is 2.55 bits per heavy atom. The van der Waals surface area contributed by atoms with E-state index in [1.54, 1.807) is 0 Å². The second-order valence-corrected chi connectivity index (χ2v) is 3.80. The molecule has 4 nitrogen and oxygen atoms in total.